The molecule has 2 bridgehead atoms. The van der Waals surface area contributed by atoms with E-state index in [1.165, 1.54) is 12.3 Å². The van der Waals surface area contributed by atoms with E-state index in [-0.39, 0.29) is 22.4 Å². The van der Waals surface area contributed by atoms with Crippen molar-refractivity contribution in [3.05, 3.63) is 101 Å². The quantitative estimate of drug-likeness (QED) is 0.181. The number of ether oxygens (including phenoxy) is 1. The van der Waals surface area contributed by atoms with Crippen LogP contribution < -0.4 is 10.6 Å². The van der Waals surface area contributed by atoms with E-state index in [0.717, 1.165) is 59.1 Å². The summed E-state index contributed by atoms with van der Waals surface area (Å²) >= 11 is 5.88. The first-order valence-electron chi connectivity index (χ1n) is 13.7. The van der Waals surface area contributed by atoms with Crippen LogP contribution in [-0.2, 0) is 14.3 Å². The van der Waals surface area contributed by atoms with Crippen LogP contribution in [0.5, 0.6) is 0 Å². The first-order chi connectivity index (χ1) is 20.4. The average Bonchev–Trinajstić information content (AvgIpc) is 3.00. The molecule has 1 aliphatic heterocycles. The van der Waals surface area contributed by atoms with E-state index < -0.39 is 11.6 Å². The summed E-state index contributed by atoms with van der Waals surface area (Å²) in [7, 11) is 1.84. The molecule has 0 unspecified atom stereocenters. The topological polar surface area (TPSA) is 80.3 Å². The molecule has 1 aliphatic rings. The first-order valence-corrected chi connectivity index (χ1v) is 14.1. The van der Waals surface area contributed by atoms with E-state index >= 15 is 0 Å². The van der Waals surface area contributed by atoms with E-state index in [9.17, 15) is 18.4 Å². The molecule has 6 nitrogen and oxygen atoms in total. The molecule has 4 aromatic rings. The van der Waals surface area contributed by atoms with Crippen LogP contribution in [0.2, 0.25) is 5.02 Å². The van der Waals surface area contributed by atoms with E-state index in [2.05, 4.69) is 32.5 Å². The van der Waals surface area contributed by atoms with Gasteiger partial charge in [0.05, 0.1) is 22.9 Å². The Kier molecular flexibility index (Phi) is 10.6. The van der Waals surface area contributed by atoms with Crippen molar-refractivity contribution in [1.82, 2.24) is 4.98 Å². The van der Waals surface area contributed by atoms with Crippen LogP contribution in [0.25, 0.3) is 22.3 Å². The molecule has 0 aliphatic carbocycles. The summed E-state index contributed by atoms with van der Waals surface area (Å²) in [6.45, 7) is 2.66. The van der Waals surface area contributed by atoms with Gasteiger partial charge in [-0.3, -0.25) is 14.6 Å². The van der Waals surface area contributed by atoms with Gasteiger partial charge in [-0.05, 0) is 61.2 Å². The summed E-state index contributed by atoms with van der Waals surface area (Å²) in [6.07, 6.45) is 4.26. The molecule has 5 rings (SSSR count). The molecule has 2 N–H and O–H groups in total. The highest BCUT2D eigenvalue weighted by Gasteiger charge is 2.20. The highest BCUT2D eigenvalue weighted by molar-refractivity contribution is 6.31. The maximum absolute atomic E-state index is 14.6. The smallest absolute Gasteiger partial charge is 0.293 e. The number of rotatable bonds is 5. The Morgan fingerprint density at radius 2 is 1.90 bits per heavy atom. The van der Waals surface area contributed by atoms with Crippen LogP contribution in [0.3, 0.4) is 0 Å². The zero-order valence-corrected chi connectivity index (χ0v) is 24.2. The van der Waals surface area contributed by atoms with Crippen molar-refractivity contribution in [2.45, 2.75) is 38.5 Å². The summed E-state index contributed by atoms with van der Waals surface area (Å²) < 4.78 is 33.1. The molecule has 9 heteroatoms. The predicted octanol–water partition coefficient (Wildman–Crippen LogP) is 8.21. The summed E-state index contributed by atoms with van der Waals surface area (Å²) in [5.41, 5.74) is 5.63. The van der Waals surface area contributed by atoms with Crippen LogP contribution in [-0.4, -0.2) is 31.0 Å². The molecule has 3 aromatic carbocycles. The number of benzene rings is 3. The van der Waals surface area contributed by atoms with Gasteiger partial charge in [0.2, 0.25) is 5.91 Å². The Balaban J connectivity index is 0.000000748. The van der Waals surface area contributed by atoms with Crippen LogP contribution in [0.4, 0.5) is 20.2 Å². The molecule has 1 amide bonds. The molecular weight excluding hydrogens is 560 g/mol. The molecular formula is C33H32ClF2N3O3. The molecule has 0 fully saturated rings. The van der Waals surface area contributed by atoms with Crippen LogP contribution >= 0.6 is 11.6 Å². The Morgan fingerprint density at radius 3 is 2.60 bits per heavy atom. The number of carbonyl (C=O) groups is 2. The summed E-state index contributed by atoms with van der Waals surface area (Å²) in [5.74, 6) is -1.54. The number of carbonyl (C=O) groups excluding carboxylic acids is 2. The molecule has 42 heavy (non-hydrogen) atoms. The highest BCUT2D eigenvalue weighted by Crippen LogP contribution is 2.37. The van der Waals surface area contributed by atoms with Gasteiger partial charge in [-0.15, -0.1) is 0 Å². The van der Waals surface area contributed by atoms with E-state index in [0.29, 0.717) is 25.1 Å². The lowest BCUT2D eigenvalue weighted by atomic mass is 9.87. The standard InChI is InChI=1S/C30H26ClF2N3O.C3H6O2/c1-34-21-10-11-23-19-6-4-5-18(15-19)22(7-2-3-8-28(37)36-27(23)16-21)26-14-9-20(17-35-26)29-25(32)13-12-24(31)30(29)33;1-2-5-3-4/h4-6,9-17,22,34H,2-3,7-8H2,1H3,(H,36,37);3H,2H2,1H3/t22-;/m0./s1. The van der Waals surface area contributed by atoms with Crippen molar-refractivity contribution < 1.29 is 23.1 Å². The summed E-state index contributed by atoms with van der Waals surface area (Å²) in [4.78, 5) is 26.5. The number of halogens is 3. The lowest BCUT2D eigenvalue weighted by molar-refractivity contribution is -0.128. The molecule has 1 atom stereocenters. The predicted molar refractivity (Wildman–Crippen MR) is 163 cm³/mol. The minimum atomic E-state index is -0.798. The Hall–Kier alpha value is -4.30. The molecule has 1 aromatic heterocycles. The summed E-state index contributed by atoms with van der Waals surface area (Å²) in [6, 6.07) is 20.0. The van der Waals surface area contributed by atoms with Crippen molar-refractivity contribution in [1.29, 1.82) is 0 Å². The summed E-state index contributed by atoms with van der Waals surface area (Å²) in [5, 5.41) is 6.07. The fraction of sp³-hybridized carbons (Fsp3) is 0.242. The molecule has 2 heterocycles. The molecule has 218 valence electrons. The Morgan fingerprint density at radius 1 is 1.07 bits per heavy atom. The van der Waals surface area contributed by atoms with Gasteiger partial charge in [-0.1, -0.05) is 54.4 Å². The normalized spacial score (nSPS) is 14.6. The number of nitrogens with one attached hydrogen (secondary N) is 2. The Bertz CT molecular complexity index is 1550. The van der Waals surface area contributed by atoms with Crippen molar-refractivity contribution >= 4 is 35.4 Å². The zero-order chi connectivity index (χ0) is 30.1. The number of pyridine rings is 1. The number of hydrogen-bond donors (Lipinski definition) is 2. The number of hydrogen-bond acceptors (Lipinski definition) is 5. The van der Waals surface area contributed by atoms with Crippen LogP contribution in [0.1, 0.15) is 49.8 Å². The number of anilines is 2. The van der Waals surface area contributed by atoms with Gasteiger partial charge >= 0.3 is 0 Å². The average molecular weight is 592 g/mol. The number of aromatic nitrogens is 1. The van der Waals surface area contributed by atoms with Gasteiger partial charge in [-0.2, -0.15) is 0 Å². The second-order valence-corrected chi connectivity index (χ2v) is 10.1. The number of amides is 1. The minimum Gasteiger partial charge on any atom is -0.468 e. The molecule has 0 saturated heterocycles. The number of fused-ring (bicyclic) bond motifs is 4. The maximum Gasteiger partial charge on any atom is 0.293 e. The van der Waals surface area contributed by atoms with Gasteiger partial charge < -0.3 is 15.4 Å². The van der Waals surface area contributed by atoms with Gasteiger partial charge in [0.1, 0.15) is 5.82 Å². The highest BCUT2D eigenvalue weighted by atomic mass is 35.5. The number of nitrogens with zero attached hydrogens (tertiary/aromatic N) is 1. The zero-order valence-electron chi connectivity index (χ0n) is 23.4. The SMILES string of the molecule is CCOC=O.CNc1ccc2c(c1)NC(=O)CCCC[C@H](c1ccc(-c3c(F)ccc(Cl)c3F)cn1)c1cccc-2c1. The van der Waals surface area contributed by atoms with Crippen LogP contribution in [0.15, 0.2) is 72.9 Å². The van der Waals surface area contributed by atoms with E-state index in [1.54, 1.807) is 13.0 Å². The molecule has 0 radical (unpaired) electrons. The van der Waals surface area contributed by atoms with Crippen molar-refractivity contribution in [3.63, 3.8) is 0 Å². The van der Waals surface area contributed by atoms with Gasteiger partial charge in [0.25, 0.3) is 6.47 Å². The monoisotopic (exact) mass is 591 g/mol. The van der Waals surface area contributed by atoms with Gasteiger partial charge in [-0.25, -0.2) is 8.78 Å². The molecule has 0 saturated carbocycles. The maximum atomic E-state index is 14.6. The van der Waals surface area contributed by atoms with Gasteiger partial charge in [0, 0.05) is 48.1 Å². The second-order valence-electron chi connectivity index (χ2n) is 9.72. The fourth-order valence-corrected chi connectivity index (χ4v) is 5.09. The molecule has 0 spiro atoms. The van der Waals surface area contributed by atoms with Crippen LogP contribution in [0, 0.1) is 11.6 Å². The third-order valence-electron chi connectivity index (χ3n) is 7.04. The Labute approximate surface area is 249 Å². The van der Waals surface area contributed by atoms with Crippen molar-refractivity contribution in [3.8, 4) is 22.3 Å². The van der Waals surface area contributed by atoms with Crippen molar-refractivity contribution in [2.75, 3.05) is 24.3 Å². The lowest BCUT2D eigenvalue weighted by Gasteiger charge is -2.21. The lowest BCUT2D eigenvalue weighted by Crippen LogP contribution is -2.13. The van der Waals surface area contributed by atoms with E-state index in [4.69, 9.17) is 11.6 Å². The fourth-order valence-electron chi connectivity index (χ4n) is 4.93. The van der Waals surface area contributed by atoms with Crippen molar-refractivity contribution in [2.24, 2.45) is 0 Å². The second kappa shape index (κ2) is 14.5. The van der Waals surface area contributed by atoms with Gasteiger partial charge in [0.15, 0.2) is 5.82 Å². The first kappa shape index (κ1) is 30.7. The third kappa shape index (κ3) is 7.31. The van der Waals surface area contributed by atoms with E-state index in [1.807, 2.05) is 43.4 Å². The minimum absolute atomic E-state index is 0.0177. The largest absolute Gasteiger partial charge is 0.468 e. The third-order valence-corrected chi connectivity index (χ3v) is 7.33.